The number of rotatable bonds is 3. The van der Waals surface area contributed by atoms with Crippen LogP contribution in [0, 0.1) is 30.0 Å². The second-order valence-electron chi connectivity index (χ2n) is 4.82. The largest absolute Gasteiger partial charge is 0.379 e. The Labute approximate surface area is 111 Å². The normalized spacial score (nSPS) is 18.8. The quantitative estimate of drug-likeness (QED) is 0.838. The summed E-state index contributed by atoms with van der Waals surface area (Å²) in [5.41, 5.74) is 0.769. The second-order valence-corrected chi connectivity index (χ2v) is 5.23. The molecule has 0 bridgehead atoms. The predicted octanol–water partition coefficient (Wildman–Crippen LogP) is 3.61. The molecule has 0 saturated carbocycles. The molecule has 1 saturated heterocycles. The van der Waals surface area contributed by atoms with Gasteiger partial charge in [-0.3, -0.25) is 0 Å². The number of benzene rings is 1. The monoisotopic (exact) mass is 267 g/mol. The SMILES string of the molecule is CCC(C#N)C1(c2cc(F)c(C)cc2Cl)COC1. The highest BCUT2D eigenvalue weighted by atomic mass is 35.5. The molecule has 2 nitrogen and oxygen atoms in total. The van der Waals surface area contributed by atoms with Crippen molar-refractivity contribution in [3.63, 3.8) is 0 Å². The van der Waals surface area contributed by atoms with Crippen LogP contribution in [-0.4, -0.2) is 13.2 Å². The maximum atomic E-state index is 13.7. The molecule has 0 spiro atoms. The van der Waals surface area contributed by atoms with Crippen molar-refractivity contribution in [1.82, 2.24) is 0 Å². The van der Waals surface area contributed by atoms with Gasteiger partial charge in [0.1, 0.15) is 5.82 Å². The van der Waals surface area contributed by atoms with Crippen molar-refractivity contribution in [3.8, 4) is 6.07 Å². The zero-order valence-corrected chi connectivity index (χ0v) is 11.2. The van der Waals surface area contributed by atoms with Gasteiger partial charge in [0, 0.05) is 5.02 Å². The molecule has 1 fully saturated rings. The number of halogens is 2. The lowest BCUT2D eigenvalue weighted by Gasteiger charge is -2.45. The van der Waals surface area contributed by atoms with Gasteiger partial charge >= 0.3 is 0 Å². The minimum absolute atomic E-state index is 0.203. The molecule has 1 heterocycles. The molecular formula is C14H15ClFNO. The molecule has 1 aromatic carbocycles. The van der Waals surface area contributed by atoms with Crippen molar-refractivity contribution >= 4 is 11.6 Å². The number of hydrogen-bond acceptors (Lipinski definition) is 2. The third-order valence-electron chi connectivity index (χ3n) is 3.74. The maximum Gasteiger partial charge on any atom is 0.126 e. The number of aryl methyl sites for hydroxylation is 1. The van der Waals surface area contributed by atoms with Crippen LogP contribution in [0.3, 0.4) is 0 Å². The first-order valence-corrected chi connectivity index (χ1v) is 6.36. The lowest BCUT2D eigenvalue weighted by atomic mass is 9.68. The number of nitriles is 1. The van der Waals surface area contributed by atoms with Crippen LogP contribution in [0.1, 0.15) is 24.5 Å². The van der Waals surface area contributed by atoms with Gasteiger partial charge in [0.05, 0.1) is 30.6 Å². The molecule has 1 aliphatic heterocycles. The molecule has 2 rings (SSSR count). The Morgan fingerprint density at radius 2 is 2.22 bits per heavy atom. The third-order valence-corrected chi connectivity index (χ3v) is 4.05. The fourth-order valence-corrected chi connectivity index (χ4v) is 2.91. The average Bonchev–Trinajstić information content (AvgIpc) is 2.29. The van der Waals surface area contributed by atoms with Gasteiger partial charge in [0.25, 0.3) is 0 Å². The van der Waals surface area contributed by atoms with E-state index in [2.05, 4.69) is 6.07 Å². The van der Waals surface area contributed by atoms with E-state index in [-0.39, 0.29) is 11.7 Å². The number of ether oxygens (including phenoxy) is 1. The molecule has 0 N–H and O–H groups in total. The molecule has 0 aromatic heterocycles. The fraction of sp³-hybridized carbons (Fsp3) is 0.500. The Morgan fingerprint density at radius 3 is 2.67 bits per heavy atom. The zero-order valence-electron chi connectivity index (χ0n) is 10.5. The molecule has 1 atom stereocenters. The molecule has 1 aliphatic rings. The number of nitrogens with zero attached hydrogens (tertiary/aromatic N) is 1. The minimum atomic E-state index is -0.449. The summed E-state index contributed by atoms with van der Waals surface area (Å²) < 4.78 is 19.0. The molecule has 4 heteroatoms. The van der Waals surface area contributed by atoms with E-state index in [1.54, 1.807) is 13.0 Å². The summed E-state index contributed by atoms with van der Waals surface area (Å²) in [5.74, 6) is -0.487. The van der Waals surface area contributed by atoms with Crippen LogP contribution in [0.5, 0.6) is 0 Å². The summed E-state index contributed by atoms with van der Waals surface area (Å²) >= 11 is 6.22. The Morgan fingerprint density at radius 1 is 1.56 bits per heavy atom. The Hall–Kier alpha value is -1.11. The standard InChI is InChI=1S/C14H15ClFNO/c1-3-10(6-17)14(7-18-8-14)11-5-13(16)9(2)4-12(11)15/h4-5,10H,3,7-8H2,1-2H3. The molecule has 96 valence electrons. The highest BCUT2D eigenvalue weighted by Crippen LogP contribution is 2.44. The Kier molecular flexibility index (Phi) is 3.61. The van der Waals surface area contributed by atoms with Crippen molar-refractivity contribution in [2.24, 2.45) is 5.92 Å². The van der Waals surface area contributed by atoms with Crippen LogP contribution in [0.2, 0.25) is 5.02 Å². The highest BCUT2D eigenvalue weighted by Gasteiger charge is 2.48. The summed E-state index contributed by atoms with van der Waals surface area (Å²) in [6.45, 7) is 4.49. The Bertz CT molecular complexity index is 505. The van der Waals surface area contributed by atoms with Gasteiger partial charge in [0.15, 0.2) is 0 Å². The van der Waals surface area contributed by atoms with Crippen LogP contribution in [0.4, 0.5) is 4.39 Å². The maximum absolute atomic E-state index is 13.7. The van der Waals surface area contributed by atoms with E-state index in [1.165, 1.54) is 6.07 Å². The van der Waals surface area contributed by atoms with E-state index in [0.29, 0.717) is 35.8 Å². The van der Waals surface area contributed by atoms with Crippen LogP contribution in [0.15, 0.2) is 12.1 Å². The molecule has 1 aromatic rings. The predicted molar refractivity (Wildman–Crippen MR) is 68.0 cm³/mol. The zero-order chi connectivity index (χ0) is 13.3. The van der Waals surface area contributed by atoms with Crippen LogP contribution in [0.25, 0.3) is 0 Å². The topological polar surface area (TPSA) is 33.0 Å². The summed E-state index contributed by atoms with van der Waals surface area (Å²) in [7, 11) is 0. The van der Waals surface area contributed by atoms with E-state index in [0.717, 1.165) is 0 Å². The van der Waals surface area contributed by atoms with E-state index in [9.17, 15) is 9.65 Å². The first-order chi connectivity index (χ1) is 8.55. The third kappa shape index (κ3) is 1.90. The summed E-state index contributed by atoms with van der Waals surface area (Å²) in [5, 5.41) is 9.78. The molecule has 0 radical (unpaired) electrons. The van der Waals surface area contributed by atoms with Crippen LogP contribution >= 0.6 is 11.6 Å². The smallest absolute Gasteiger partial charge is 0.126 e. The lowest BCUT2D eigenvalue weighted by Crippen LogP contribution is -2.52. The number of hydrogen-bond donors (Lipinski definition) is 0. The molecular weight excluding hydrogens is 253 g/mol. The van der Waals surface area contributed by atoms with Gasteiger partial charge in [-0.2, -0.15) is 5.26 Å². The van der Waals surface area contributed by atoms with Gasteiger partial charge in [-0.15, -0.1) is 0 Å². The van der Waals surface area contributed by atoms with Crippen molar-refractivity contribution in [2.75, 3.05) is 13.2 Å². The fourth-order valence-electron chi connectivity index (χ4n) is 2.50. The van der Waals surface area contributed by atoms with Gasteiger partial charge in [-0.05, 0) is 36.6 Å². The Balaban J connectivity index is 2.52. The summed E-state index contributed by atoms with van der Waals surface area (Å²) in [4.78, 5) is 0. The second kappa shape index (κ2) is 4.87. The first-order valence-electron chi connectivity index (χ1n) is 5.98. The molecule has 0 aliphatic carbocycles. The lowest BCUT2D eigenvalue weighted by molar-refractivity contribution is -0.0805. The van der Waals surface area contributed by atoms with Crippen molar-refractivity contribution in [3.05, 3.63) is 34.1 Å². The molecule has 1 unspecified atom stereocenters. The first kappa shape index (κ1) is 13.3. The minimum Gasteiger partial charge on any atom is -0.379 e. The van der Waals surface area contributed by atoms with E-state index in [1.807, 2.05) is 6.92 Å². The van der Waals surface area contributed by atoms with Crippen molar-refractivity contribution < 1.29 is 9.13 Å². The van der Waals surface area contributed by atoms with Gasteiger partial charge in [-0.25, -0.2) is 4.39 Å². The van der Waals surface area contributed by atoms with Crippen molar-refractivity contribution in [2.45, 2.75) is 25.7 Å². The van der Waals surface area contributed by atoms with E-state index in [4.69, 9.17) is 16.3 Å². The van der Waals surface area contributed by atoms with E-state index >= 15 is 0 Å². The van der Waals surface area contributed by atoms with E-state index < -0.39 is 5.41 Å². The van der Waals surface area contributed by atoms with Gasteiger partial charge in [-0.1, -0.05) is 18.5 Å². The van der Waals surface area contributed by atoms with Crippen molar-refractivity contribution in [1.29, 1.82) is 5.26 Å². The van der Waals surface area contributed by atoms with Gasteiger partial charge in [0.2, 0.25) is 0 Å². The summed E-state index contributed by atoms with van der Waals surface area (Å²) in [6.07, 6.45) is 0.700. The average molecular weight is 268 g/mol. The van der Waals surface area contributed by atoms with Gasteiger partial charge < -0.3 is 4.74 Å². The van der Waals surface area contributed by atoms with Crippen LogP contribution < -0.4 is 0 Å². The molecule has 18 heavy (non-hydrogen) atoms. The molecule has 0 amide bonds. The summed E-state index contributed by atoms with van der Waals surface area (Å²) in [6, 6.07) is 5.37. The highest BCUT2D eigenvalue weighted by molar-refractivity contribution is 6.31. The van der Waals surface area contributed by atoms with Crippen LogP contribution in [-0.2, 0) is 10.2 Å².